The van der Waals surface area contributed by atoms with Gasteiger partial charge in [-0.25, -0.2) is 4.79 Å². The Morgan fingerprint density at radius 3 is 2.05 bits per heavy atom. The molecule has 0 saturated heterocycles. The predicted molar refractivity (Wildman–Crippen MR) is 72.0 cm³/mol. The van der Waals surface area contributed by atoms with Crippen molar-refractivity contribution in [1.82, 2.24) is 0 Å². The smallest absolute Gasteiger partial charge is 0.333 e. The standard InChI is InChI=1S/C14H22O6/c1-5-8-10(11(15)19-6-2)9-14(4,12(16)17)13(18)20-7-3/h8H,5-7,9H2,1-4H3,(H,16,17). The molecule has 0 aromatic rings. The average molecular weight is 286 g/mol. The lowest BCUT2D eigenvalue weighted by Gasteiger charge is -2.23. The van der Waals surface area contributed by atoms with Crippen LogP contribution in [0.15, 0.2) is 11.6 Å². The summed E-state index contributed by atoms with van der Waals surface area (Å²) >= 11 is 0. The van der Waals surface area contributed by atoms with E-state index < -0.39 is 23.3 Å². The molecule has 0 bridgehead atoms. The third-order valence-electron chi connectivity index (χ3n) is 2.73. The summed E-state index contributed by atoms with van der Waals surface area (Å²) in [5.74, 6) is -2.80. The first kappa shape index (κ1) is 18.1. The van der Waals surface area contributed by atoms with Crippen molar-refractivity contribution in [3.8, 4) is 0 Å². The molecule has 6 nitrogen and oxygen atoms in total. The van der Waals surface area contributed by atoms with Crippen LogP contribution in [0.5, 0.6) is 0 Å². The molecule has 1 atom stereocenters. The molecule has 1 N–H and O–H groups in total. The van der Waals surface area contributed by atoms with Gasteiger partial charge in [0.05, 0.1) is 13.2 Å². The Kier molecular flexibility index (Phi) is 7.57. The van der Waals surface area contributed by atoms with E-state index in [0.29, 0.717) is 6.42 Å². The van der Waals surface area contributed by atoms with Crippen LogP contribution in [0.2, 0.25) is 0 Å². The minimum atomic E-state index is -1.80. The Bertz CT molecular complexity index is 398. The molecule has 0 aliphatic carbocycles. The Balaban J connectivity index is 5.31. The summed E-state index contributed by atoms with van der Waals surface area (Å²) in [5.41, 5.74) is -1.63. The summed E-state index contributed by atoms with van der Waals surface area (Å²) in [5, 5.41) is 9.28. The van der Waals surface area contributed by atoms with Crippen molar-refractivity contribution in [3.63, 3.8) is 0 Å². The molecule has 20 heavy (non-hydrogen) atoms. The molecular weight excluding hydrogens is 264 g/mol. The summed E-state index contributed by atoms with van der Waals surface area (Å²) in [6.07, 6.45) is 1.85. The first-order chi connectivity index (χ1) is 9.33. The lowest BCUT2D eigenvalue weighted by molar-refractivity contribution is -0.167. The van der Waals surface area contributed by atoms with E-state index in [1.54, 1.807) is 19.9 Å². The molecule has 6 heteroatoms. The van der Waals surface area contributed by atoms with E-state index in [1.807, 2.05) is 6.92 Å². The highest BCUT2D eigenvalue weighted by atomic mass is 16.5. The third-order valence-corrected chi connectivity index (χ3v) is 2.73. The SMILES string of the molecule is CCC=C(CC(C)(C(=O)O)C(=O)OCC)C(=O)OCC. The molecule has 0 aliphatic heterocycles. The maximum Gasteiger partial charge on any atom is 0.333 e. The molecule has 114 valence electrons. The average Bonchev–Trinajstić information content (AvgIpc) is 2.38. The molecule has 0 aromatic carbocycles. The lowest BCUT2D eigenvalue weighted by atomic mass is 9.83. The number of carbonyl (C=O) groups is 3. The van der Waals surface area contributed by atoms with Gasteiger partial charge in [0.15, 0.2) is 5.41 Å². The Hall–Kier alpha value is -1.85. The van der Waals surface area contributed by atoms with Gasteiger partial charge in [-0.2, -0.15) is 0 Å². The number of carboxylic acids is 1. The number of carboxylic acid groups (broad SMARTS) is 1. The van der Waals surface area contributed by atoms with Gasteiger partial charge < -0.3 is 14.6 Å². The molecule has 1 unspecified atom stereocenters. The van der Waals surface area contributed by atoms with Gasteiger partial charge in [0, 0.05) is 12.0 Å². The number of esters is 2. The second-order valence-corrected chi connectivity index (χ2v) is 4.39. The molecular formula is C14H22O6. The van der Waals surface area contributed by atoms with Crippen LogP contribution >= 0.6 is 0 Å². The van der Waals surface area contributed by atoms with Crippen LogP contribution in [0.25, 0.3) is 0 Å². The van der Waals surface area contributed by atoms with Crippen molar-refractivity contribution in [3.05, 3.63) is 11.6 Å². The molecule has 0 radical (unpaired) electrons. The van der Waals surface area contributed by atoms with E-state index in [1.165, 1.54) is 6.92 Å². The van der Waals surface area contributed by atoms with E-state index in [2.05, 4.69) is 0 Å². The normalized spacial score (nSPS) is 14.3. The van der Waals surface area contributed by atoms with Crippen molar-refractivity contribution in [1.29, 1.82) is 0 Å². The number of ether oxygens (including phenoxy) is 2. The molecule has 0 aromatic heterocycles. The first-order valence-electron chi connectivity index (χ1n) is 6.60. The predicted octanol–water partition coefficient (Wildman–Crippen LogP) is 1.93. The molecule has 0 aliphatic rings. The molecule has 0 fully saturated rings. The number of hydrogen-bond donors (Lipinski definition) is 1. The van der Waals surface area contributed by atoms with Crippen LogP contribution in [-0.4, -0.2) is 36.2 Å². The maximum absolute atomic E-state index is 11.8. The minimum Gasteiger partial charge on any atom is -0.480 e. The molecule has 0 spiro atoms. The van der Waals surface area contributed by atoms with Crippen molar-refractivity contribution in [2.75, 3.05) is 13.2 Å². The number of hydrogen-bond acceptors (Lipinski definition) is 5. The Morgan fingerprint density at radius 2 is 1.65 bits per heavy atom. The second-order valence-electron chi connectivity index (χ2n) is 4.39. The zero-order valence-electron chi connectivity index (χ0n) is 12.4. The fourth-order valence-electron chi connectivity index (χ4n) is 1.60. The zero-order valence-corrected chi connectivity index (χ0v) is 12.4. The van der Waals surface area contributed by atoms with Crippen LogP contribution in [0.4, 0.5) is 0 Å². The van der Waals surface area contributed by atoms with Crippen molar-refractivity contribution < 1.29 is 29.0 Å². The minimum absolute atomic E-state index is 0.0773. The van der Waals surface area contributed by atoms with Gasteiger partial charge in [-0.15, -0.1) is 0 Å². The van der Waals surface area contributed by atoms with Gasteiger partial charge >= 0.3 is 17.9 Å². The van der Waals surface area contributed by atoms with E-state index in [4.69, 9.17) is 9.47 Å². The van der Waals surface area contributed by atoms with Gasteiger partial charge in [0.2, 0.25) is 0 Å². The van der Waals surface area contributed by atoms with Crippen molar-refractivity contribution in [2.24, 2.45) is 5.41 Å². The number of rotatable bonds is 8. The van der Waals surface area contributed by atoms with Gasteiger partial charge in [0.1, 0.15) is 0 Å². The number of allylic oxidation sites excluding steroid dienone is 1. The van der Waals surface area contributed by atoms with Gasteiger partial charge in [-0.3, -0.25) is 9.59 Å². The van der Waals surface area contributed by atoms with Crippen LogP contribution in [0.1, 0.15) is 40.5 Å². The highest BCUT2D eigenvalue weighted by Gasteiger charge is 2.44. The van der Waals surface area contributed by atoms with E-state index in [-0.39, 0.29) is 25.2 Å². The van der Waals surface area contributed by atoms with Gasteiger partial charge in [-0.1, -0.05) is 13.0 Å². The van der Waals surface area contributed by atoms with Gasteiger partial charge in [-0.05, 0) is 27.2 Å². The van der Waals surface area contributed by atoms with E-state index >= 15 is 0 Å². The third kappa shape index (κ3) is 4.68. The highest BCUT2D eigenvalue weighted by Crippen LogP contribution is 2.29. The van der Waals surface area contributed by atoms with Crippen molar-refractivity contribution >= 4 is 17.9 Å². The zero-order chi connectivity index (χ0) is 15.8. The summed E-state index contributed by atoms with van der Waals surface area (Å²) in [6, 6.07) is 0. The molecule has 0 heterocycles. The number of aliphatic carboxylic acids is 1. The van der Waals surface area contributed by atoms with Gasteiger partial charge in [0.25, 0.3) is 0 Å². The van der Waals surface area contributed by atoms with E-state index in [9.17, 15) is 19.5 Å². The fourth-order valence-corrected chi connectivity index (χ4v) is 1.60. The largest absolute Gasteiger partial charge is 0.480 e. The second kappa shape index (κ2) is 8.35. The van der Waals surface area contributed by atoms with E-state index in [0.717, 1.165) is 0 Å². The lowest BCUT2D eigenvalue weighted by Crippen LogP contribution is -2.39. The molecule has 0 rings (SSSR count). The monoisotopic (exact) mass is 286 g/mol. The Labute approximate surface area is 118 Å². The van der Waals surface area contributed by atoms with Crippen LogP contribution in [-0.2, 0) is 23.9 Å². The topological polar surface area (TPSA) is 89.9 Å². The fraction of sp³-hybridized carbons (Fsp3) is 0.643. The Morgan fingerprint density at radius 1 is 1.10 bits per heavy atom. The van der Waals surface area contributed by atoms with Crippen LogP contribution in [0, 0.1) is 5.41 Å². The number of carbonyl (C=O) groups excluding carboxylic acids is 2. The highest BCUT2D eigenvalue weighted by molar-refractivity contribution is 6.01. The summed E-state index contributed by atoms with van der Waals surface area (Å²) < 4.78 is 9.66. The molecule has 0 amide bonds. The summed E-state index contributed by atoms with van der Waals surface area (Å²) in [4.78, 5) is 35.0. The van der Waals surface area contributed by atoms with Crippen molar-refractivity contribution in [2.45, 2.75) is 40.5 Å². The van der Waals surface area contributed by atoms with Crippen LogP contribution < -0.4 is 0 Å². The summed E-state index contributed by atoms with van der Waals surface area (Å²) in [6.45, 7) is 6.56. The molecule has 0 saturated carbocycles. The van der Waals surface area contributed by atoms with Crippen LogP contribution in [0.3, 0.4) is 0 Å². The summed E-state index contributed by atoms with van der Waals surface area (Å²) in [7, 11) is 0. The first-order valence-corrected chi connectivity index (χ1v) is 6.60. The quantitative estimate of drug-likeness (QED) is 0.416. The maximum atomic E-state index is 11.8.